The van der Waals surface area contributed by atoms with Gasteiger partial charge in [0.1, 0.15) is 5.82 Å². The zero-order valence-electron chi connectivity index (χ0n) is 17.3. The van der Waals surface area contributed by atoms with Crippen LogP contribution in [-0.4, -0.2) is 25.6 Å². The van der Waals surface area contributed by atoms with Crippen LogP contribution in [-0.2, 0) is 13.1 Å². The first-order chi connectivity index (χ1) is 15.5. The van der Waals surface area contributed by atoms with Crippen molar-refractivity contribution in [3.63, 3.8) is 0 Å². The zero-order chi connectivity index (χ0) is 22.2. The number of carbonyl (C=O) groups is 1. The van der Waals surface area contributed by atoms with Crippen LogP contribution in [0.2, 0.25) is 0 Å². The Morgan fingerprint density at radius 3 is 2.69 bits per heavy atom. The summed E-state index contributed by atoms with van der Waals surface area (Å²) in [6.07, 6.45) is 3.65. The summed E-state index contributed by atoms with van der Waals surface area (Å²) < 4.78 is 16.3. The molecule has 0 spiro atoms. The number of rotatable bonds is 3. The number of benzene rings is 2. The Kier molecular flexibility index (Phi) is 4.75. The van der Waals surface area contributed by atoms with Gasteiger partial charge < -0.3 is 4.90 Å². The highest BCUT2D eigenvalue weighted by atomic mass is 19.1. The fourth-order valence-electron chi connectivity index (χ4n) is 3.98. The van der Waals surface area contributed by atoms with Crippen LogP contribution in [0.3, 0.4) is 0 Å². The molecule has 32 heavy (non-hydrogen) atoms. The van der Waals surface area contributed by atoms with E-state index in [0.717, 1.165) is 22.6 Å². The molecule has 2 aromatic carbocycles. The molecule has 0 saturated carbocycles. The van der Waals surface area contributed by atoms with Gasteiger partial charge in [-0.3, -0.25) is 9.78 Å². The highest BCUT2D eigenvalue weighted by molar-refractivity contribution is 6.01. The van der Waals surface area contributed by atoms with Gasteiger partial charge in [-0.15, -0.1) is 0 Å². The minimum absolute atomic E-state index is 0.260. The van der Waals surface area contributed by atoms with E-state index in [1.54, 1.807) is 46.1 Å². The fourth-order valence-corrected chi connectivity index (χ4v) is 3.98. The molecule has 0 saturated heterocycles. The van der Waals surface area contributed by atoms with Gasteiger partial charge in [0, 0.05) is 41.3 Å². The van der Waals surface area contributed by atoms with Crippen molar-refractivity contribution in [3.8, 4) is 22.9 Å². The summed E-state index contributed by atoms with van der Waals surface area (Å²) in [4.78, 5) is 19.3. The maximum absolute atomic E-state index is 14.5. The number of carbonyl (C=O) groups excluding carboxylic acids is 1. The van der Waals surface area contributed by atoms with E-state index in [1.165, 1.54) is 12.1 Å². The Morgan fingerprint density at radius 2 is 1.94 bits per heavy atom. The summed E-state index contributed by atoms with van der Waals surface area (Å²) in [5.41, 5.74) is 5.03. The molecule has 0 radical (unpaired) electrons. The fraction of sp³-hybridized carbons (Fsp3) is 0.120. The second-order valence-corrected chi connectivity index (χ2v) is 7.71. The average molecular weight is 423 g/mol. The van der Waals surface area contributed by atoms with Crippen LogP contribution >= 0.6 is 0 Å². The molecule has 0 fully saturated rings. The molecule has 0 atom stereocenters. The maximum Gasteiger partial charge on any atom is 0.255 e. The zero-order valence-corrected chi connectivity index (χ0v) is 17.3. The van der Waals surface area contributed by atoms with E-state index < -0.39 is 5.82 Å². The van der Waals surface area contributed by atoms with Gasteiger partial charge in [0.2, 0.25) is 0 Å². The Morgan fingerprint density at radius 1 is 1.09 bits per heavy atom. The topological polar surface area (TPSA) is 74.8 Å². The van der Waals surface area contributed by atoms with E-state index in [2.05, 4.69) is 16.2 Å². The third-order valence-corrected chi connectivity index (χ3v) is 5.55. The Labute approximate surface area is 184 Å². The van der Waals surface area contributed by atoms with Crippen LogP contribution in [0.1, 0.15) is 32.9 Å². The molecule has 0 bridgehead atoms. The normalized spacial score (nSPS) is 12.5. The number of nitriles is 1. The molecular formula is C25H18FN5O. The van der Waals surface area contributed by atoms with E-state index >= 15 is 0 Å². The lowest BCUT2D eigenvalue weighted by atomic mass is 9.96. The number of pyridine rings is 1. The molecule has 156 valence electrons. The lowest BCUT2D eigenvalue weighted by molar-refractivity contribution is 0.0750. The molecule has 3 heterocycles. The highest BCUT2D eigenvalue weighted by Gasteiger charge is 2.29. The summed E-state index contributed by atoms with van der Waals surface area (Å²) in [6.45, 7) is 2.66. The first-order valence-electron chi connectivity index (χ1n) is 10.1. The largest absolute Gasteiger partial charge is 0.328 e. The van der Waals surface area contributed by atoms with Gasteiger partial charge in [-0.1, -0.05) is 24.3 Å². The van der Waals surface area contributed by atoms with Crippen LogP contribution < -0.4 is 0 Å². The van der Waals surface area contributed by atoms with Gasteiger partial charge >= 0.3 is 0 Å². The van der Waals surface area contributed by atoms with Gasteiger partial charge in [-0.05, 0) is 42.8 Å². The molecule has 5 rings (SSSR count). The van der Waals surface area contributed by atoms with Crippen molar-refractivity contribution in [2.75, 3.05) is 0 Å². The maximum atomic E-state index is 14.5. The molecule has 0 unspecified atom stereocenters. The van der Waals surface area contributed by atoms with Crippen LogP contribution in [0.5, 0.6) is 0 Å². The summed E-state index contributed by atoms with van der Waals surface area (Å²) in [7, 11) is 0. The third-order valence-electron chi connectivity index (χ3n) is 5.55. The lowest BCUT2D eigenvalue weighted by Gasteiger charge is -2.19. The van der Waals surface area contributed by atoms with Gasteiger partial charge in [0.25, 0.3) is 5.91 Å². The van der Waals surface area contributed by atoms with Crippen molar-refractivity contribution >= 4 is 5.91 Å². The van der Waals surface area contributed by atoms with E-state index in [4.69, 9.17) is 0 Å². The second-order valence-electron chi connectivity index (χ2n) is 7.71. The number of aryl methyl sites for hydroxylation is 1. The Bertz CT molecular complexity index is 1380. The number of hydrogen-bond acceptors (Lipinski definition) is 4. The number of amides is 1. The Balaban J connectivity index is 1.46. The minimum atomic E-state index is -0.417. The van der Waals surface area contributed by atoms with E-state index in [-0.39, 0.29) is 5.91 Å². The number of fused-ring (bicyclic) bond motifs is 1. The van der Waals surface area contributed by atoms with Crippen molar-refractivity contribution < 1.29 is 9.18 Å². The number of halogens is 1. The first kappa shape index (κ1) is 19.6. The van der Waals surface area contributed by atoms with E-state index in [9.17, 15) is 14.4 Å². The lowest BCUT2D eigenvalue weighted by Crippen LogP contribution is -2.26. The summed E-state index contributed by atoms with van der Waals surface area (Å²) in [5.74, 6) is -0.676. The van der Waals surface area contributed by atoms with Gasteiger partial charge in [-0.25, -0.2) is 9.07 Å². The van der Waals surface area contributed by atoms with Crippen molar-refractivity contribution in [3.05, 3.63) is 101 Å². The molecule has 4 aromatic rings. The van der Waals surface area contributed by atoms with E-state index in [1.807, 2.05) is 25.3 Å². The molecule has 6 nitrogen and oxygen atoms in total. The number of aromatic nitrogens is 3. The summed E-state index contributed by atoms with van der Waals surface area (Å²) >= 11 is 0. The van der Waals surface area contributed by atoms with Crippen LogP contribution in [0.15, 0.2) is 67.0 Å². The Hall–Kier alpha value is -4.31. The van der Waals surface area contributed by atoms with Crippen LogP contribution in [0.25, 0.3) is 16.8 Å². The SMILES string of the molecule is Cc1cc(-n2cc3c(n2)CN(C(=O)c2cc(C#N)ccc2-c2ccccc2F)C3)ccn1. The van der Waals surface area contributed by atoms with Gasteiger partial charge in [0.05, 0.1) is 29.6 Å². The predicted octanol–water partition coefficient (Wildman–Crippen LogP) is 4.41. The molecule has 1 aliphatic rings. The quantitative estimate of drug-likeness (QED) is 0.489. The molecule has 7 heteroatoms. The summed E-state index contributed by atoms with van der Waals surface area (Å²) in [6, 6.07) is 17.0. The van der Waals surface area contributed by atoms with E-state index in [0.29, 0.717) is 35.3 Å². The van der Waals surface area contributed by atoms with Crippen molar-refractivity contribution in [2.24, 2.45) is 0 Å². The molecule has 1 amide bonds. The van der Waals surface area contributed by atoms with Crippen molar-refractivity contribution in [1.82, 2.24) is 19.7 Å². The number of nitrogens with zero attached hydrogens (tertiary/aromatic N) is 5. The van der Waals surface area contributed by atoms with Crippen LogP contribution in [0.4, 0.5) is 4.39 Å². The van der Waals surface area contributed by atoms with Crippen LogP contribution in [0, 0.1) is 24.1 Å². The van der Waals surface area contributed by atoms with Crippen molar-refractivity contribution in [1.29, 1.82) is 5.26 Å². The van der Waals surface area contributed by atoms with Gasteiger partial charge in [-0.2, -0.15) is 10.4 Å². The standard InChI is InChI=1S/C25H18FN5O/c1-16-10-19(8-9-28-16)31-14-18-13-30(15-24(18)29-31)25(32)22-11-17(12-27)6-7-20(22)21-4-2-3-5-23(21)26/h2-11,14H,13,15H2,1H3. The second kappa shape index (κ2) is 7.75. The average Bonchev–Trinajstić information content (AvgIpc) is 3.38. The van der Waals surface area contributed by atoms with Crippen molar-refractivity contribution in [2.45, 2.75) is 20.0 Å². The molecule has 0 aliphatic carbocycles. The molecular weight excluding hydrogens is 405 g/mol. The molecule has 2 aromatic heterocycles. The monoisotopic (exact) mass is 423 g/mol. The number of hydrogen-bond donors (Lipinski definition) is 0. The highest BCUT2D eigenvalue weighted by Crippen LogP contribution is 2.31. The van der Waals surface area contributed by atoms with Gasteiger partial charge in [0.15, 0.2) is 0 Å². The third kappa shape index (κ3) is 3.42. The molecule has 1 aliphatic heterocycles. The predicted molar refractivity (Wildman–Crippen MR) is 116 cm³/mol. The molecule has 0 N–H and O–H groups in total. The summed E-state index contributed by atoms with van der Waals surface area (Å²) in [5, 5.41) is 14.0. The minimum Gasteiger partial charge on any atom is -0.328 e. The first-order valence-corrected chi connectivity index (χ1v) is 10.1. The smallest absolute Gasteiger partial charge is 0.255 e.